The average molecular weight is 178 g/mol. The molecule has 0 amide bonds. The zero-order valence-electron chi connectivity index (χ0n) is 6.75. The Morgan fingerprint density at radius 3 is 3.08 bits per heavy atom. The van der Waals surface area contributed by atoms with E-state index in [9.17, 15) is 0 Å². The van der Waals surface area contributed by atoms with E-state index in [0.29, 0.717) is 0 Å². The van der Waals surface area contributed by atoms with Crippen molar-refractivity contribution in [3.63, 3.8) is 0 Å². The summed E-state index contributed by atoms with van der Waals surface area (Å²) in [6.45, 7) is 0.839. The number of terminal acetylenes is 1. The highest BCUT2D eigenvalue weighted by Gasteiger charge is 2.22. The van der Waals surface area contributed by atoms with E-state index in [1.165, 1.54) is 12.8 Å². The number of rotatable bonds is 3. The van der Waals surface area contributed by atoms with Gasteiger partial charge in [0.1, 0.15) is 5.75 Å². The predicted octanol–water partition coefficient (Wildman–Crippen LogP) is 2.52. The maximum absolute atomic E-state index is 5.56. The predicted molar refractivity (Wildman–Crippen MR) is 50.5 cm³/mol. The third-order valence-electron chi connectivity index (χ3n) is 1.95. The van der Waals surface area contributed by atoms with Crippen molar-refractivity contribution in [2.45, 2.75) is 12.8 Å². The van der Waals surface area contributed by atoms with Gasteiger partial charge in [-0.05, 0) is 18.8 Å². The molecule has 2 heteroatoms. The SMILES string of the molecule is C#Cc1cscc1OCC1CC1. The first-order valence-corrected chi connectivity index (χ1v) is 5.00. The normalized spacial score (nSPS) is 15.6. The number of hydrogen-bond donors (Lipinski definition) is 0. The molecule has 1 aromatic heterocycles. The van der Waals surface area contributed by atoms with Crippen molar-refractivity contribution in [1.82, 2.24) is 0 Å². The fourth-order valence-electron chi connectivity index (χ4n) is 0.994. The van der Waals surface area contributed by atoms with E-state index in [2.05, 4.69) is 5.92 Å². The zero-order chi connectivity index (χ0) is 8.39. The fraction of sp³-hybridized carbons (Fsp3) is 0.400. The van der Waals surface area contributed by atoms with Crippen molar-refractivity contribution in [2.24, 2.45) is 5.92 Å². The van der Waals surface area contributed by atoms with Gasteiger partial charge in [0.15, 0.2) is 0 Å². The molecular formula is C10H10OS. The molecule has 0 atom stereocenters. The van der Waals surface area contributed by atoms with Crippen LogP contribution in [0, 0.1) is 18.3 Å². The van der Waals surface area contributed by atoms with Crippen molar-refractivity contribution in [3.8, 4) is 18.1 Å². The van der Waals surface area contributed by atoms with Crippen molar-refractivity contribution >= 4 is 11.3 Å². The van der Waals surface area contributed by atoms with Crippen molar-refractivity contribution < 1.29 is 4.74 Å². The summed E-state index contributed by atoms with van der Waals surface area (Å²) >= 11 is 1.60. The van der Waals surface area contributed by atoms with E-state index in [0.717, 1.165) is 23.8 Å². The fourth-order valence-corrected chi connectivity index (χ4v) is 1.70. The van der Waals surface area contributed by atoms with Crippen molar-refractivity contribution in [1.29, 1.82) is 0 Å². The Kier molecular flexibility index (Phi) is 2.05. The van der Waals surface area contributed by atoms with Crippen LogP contribution < -0.4 is 4.74 Å². The van der Waals surface area contributed by atoms with Crippen LogP contribution in [0.1, 0.15) is 18.4 Å². The minimum absolute atomic E-state index is 0.788. The van der Waals surface area contributed by atoms with E-state index in [1.807, 2.05) is 10.8 Å². The van der Waals surface area contributed by atoms with Crippen LogP contribution in [-0.4, -0.2) is 6.61 Å². The quantitative estimate of drug-likeness (QED) is 0.646. The summed E-state index contributed by atoms with van der Waals surface area (Å²) in [7, 11) is 0. The number of hydrogen-bond acceptors (Lipinski definition) is 2. The third kappa shape index (κ3) is 1.62. The maximum atomic E-state index is 5.56. The Morgan fingerprint density at radius 1 is 1.58 bits per heavy atom. The van der Waals surface area contributed by atoms with Crippen LogP contribution in [0.5, 0.6) is 5.75 Å². The first-order valence-electron chi connectivity index (χ1n) is 4.05. The van der Waals surface area contributed by atoms with E-state index < -0.39 is 0 Å². The molecule has 0 aromatic carbocycles. The van der Waals surface area contributed by atoms with Crippen LogP contribution in [0.4, 0.5) is 0 Å². The van der Waals surface area contributed by atoms with Gasteiger partial charge in [0.2, 0.25) is 0 Å². The molecule has 1 fully saturated rings. The summed E-state index contributed by atoms with van der Waals surface area (Å²) in [6, 6.07) is 0. The Bertz CT molecular complexity index is 304. The van der Waals surface area contributed by atoms with Gasteiger partial charge in [-0.2, -0.15) is 0 Å². The molecule has 1 heterocycles. The lowest BCUT2D eigenvalue weighted by Gasteiger charge is -2.01. The van der Waals surface area contributed by atoms with Crippen LogP contribution in [0.3, 0.4) is 0 Å². The van der Waals surface area contributed by atoms with E-state index in [1.54, 1.807) is 11.3 Å². The maximum Gasteiger partial charge on any atom is 0.145 e. The lowest BCUT2D eigenvalue weighted by molar-refractivity contribution is 0.300. The molecular weight excluding hydrogens is 168 g/mol. The van der Waals surface area contributed by atoms with Gasteiger partial charge in [-0.1, -0.05) is 5.92 Å². The zero-order valence-corrected chi connectivity index (χ0v) is 7.56. The largest absolute Gasteiger partial charge is 0.491 e. The van der Waals surface area contributed by atoms with E-state index >= 15 is 0 Å². The summed E-state index contributed by atoms with van der Waals surface area (Å²) in [5.41, 5.74) is 0.889. The summed E-state index contributed by atoms with van der Waals surface area (Å²) in [6.07, 6.45) is 7.92. The van der Waals surface area contributed by atoms with Gasteiger partial charge < -0.3 is 4.74 Å². The van der Waals surface area contributed by atoms with Gasteiger partial charge >= 0.3 is 0 Å². The molecule has 1 aromatic rings. The van der Waals surface area contributed by atoms with Crippen LogP contribution in [0.25, 0.3) is 0 Å². The molecule has 1 nitrogen and oxygen atoms in total. The van der Waals surface area contributed by atoms with E-state index in [-0.39, 0.29) is 0 Å². The van der Waals surface area contributed by atoms with Crippen LogP contribution in [-0.2, 0) is 0 Å². The highest BCUT2D eigenvalue weighted by molar-refractivity contribution is 7.08. The standard InChI is InChI=1S/C10H10OS/c1-2-9-6-12-7-10(9)11-5-8-3-4-8/h1,6-8H,3-5H2. The number of thiophene rings is 1. The highest BCUT2D eigenvalue weighted by Crippen LogP contribution is 2.31. The first kappa shape index (κ1) is 7.70. The van der Waals surface area contributed by atoms with Gasteiger partial charge in [0, 0.05) is 10.8 Å². The molecule has 0 unspecified atom stereocenters. The molecule has 1 saturated carbocycles. The molecule has 0 spiro atoms. The summed E-state index contributed by atoms with van der Waals surface area (Å²) < 4.78 is 5.56. The molecule has 0 bridgehead atoms. The summed E-state index contributed by atoms with van der Waals surface area (Å²) in [5, 5.41) is 3.92. The van der Waals surface area contributed by atoms with Gasteiger partial charge in [-0.15, -0.1) is 17.8 Å². The molecule has 1 aliphatic rings. The minimum atomic E-state index is 0.788. The number of ether oxygens (including phenoxy) is 1. The minimum Gasteiger partial charge on any atom is -0.491 e. The smallest absolute Gasteiger partial charge is 0.145 e. The van der Waals surface area contributed by atoms with Gasteiger partial charge in [0.25, 0.3) is 0 Å². The average Bonchev–Trinajstić information content (AvgIpc) is 2.81. The van der Waals surface area contributed by atoms with Crippen molar-refractivity contribution in [3.05, 3.63) is 16.3 Å². The summed E-state index contributed by atoms with van der Waals surface area (Å²) in [4.78, 5) is 0. The van der Waals surface area contributed by atoms with Crippen LogP contribution in [0.2, 0.25) is 0 Å². The molecule has 0 saturated heterocycles. The second-order valence-electron chi connectivity index (χ2n) is 3.05. The lowest BCUT2D eigenvalue weighted by Crippen LogP contribution is -1.98. The molecule has 0 radical (unpaired) electrons. The van der Waals surface area contributed by atoms with Gasteiger partial charge in [-0.25, -0.2) is 0 Å². The second-order valence-corrected chi connectivity index (χ2v) is 3.79. The molecule has 2 rings (SSSR count). The van der Waals surface area contributed by atoms with Crippen LogP contribution in [0.15, 0.2) is 10.8 Å². The Hall–Kier alpha value is -0.940. The molecule has 0 N–H and O–H groups in total. The Morgan fingerprint density at radius 2 is 2.42 bits per heavy atom. The van der Waals surface area contributed by atoms with Crippen molar-refractivity contribution in [2.75, 3.05) is 6.61 Å². The Labute approximate surface area is 76.4 Å². The van der Waals surface area contributed by atoms with Gasteiger partial charge in [0.05, 0.1) is 12.2 Å². The Balaban J connectivity index is 1.97. The first-order chi connectivity index (χ1) is 5.90. The van der Waals surface area contributed by atoms with E-state index in [4.69, 9.17) is 11.2 Å². The van der Waals surface area contributed by atoms with Gasteiger partial charge in [-0.3, -0.25) is 0 Å². The lowest BCUT2D eigenvalue weighted by atomic mass is 10.3. The van der Waals surface area contributed by atoms with Crippen LogP contribution >= 0.6 is 11.3 Å². The monoisotopic (exact) mass is 178 g/mol. The second kappa shape index (κ2) is 3.20. The molecule has 62 valence electrons. The molecule has 12 heavy (non-hydrogen) atoms. The topological polar surface area (TPSA) is 9.23 Å². The highest BCUT2D eigenvalue weighted by atomic mass is 32.1. The molecule has 1 aliphatic carbocycles. The molecule has 0 aliphatic heterocycles. The third-order valence-corrected chi connectivity index (χ3v) is 2.68. The summed E-state index contributed by atoms with van der Waals surface area (Å²) in [5.74, 6) is 4.28.